The minimum atomic E-state index is -1.86. The van der Waals surface area contributed by atoms with Crippen molar-refractivity contribution in [3.63, 3.8) is 0 Å². The molecule has 1 fully saturated rings. The van der Waals surface area contributed by atoms with Gasteiger partial charge in [0.05, 0.1) is 12.3 Å². The van der Waals surface area contributed by atoms with Crippen LogP contribution in [-0.2, 0) is 19.1 Å². The van der Waals surface area contributed by atoms with Gasteiger partial charge in [0.25, 0.3) is 5.91 Å². The van der Waals surface area contributed by atoms with Crippen LogP contribution in [0, 0.1) is 11.9 Å². The minimum absolute atomic E-state index is 0.0272. The number of rotatable bonds is 3. The summed E-state index contributed by atoms with van der Waals surface area (Å²) in [4.78, 5) is 28.3. The zero-order valence-electron chi connectivity index (χ0n) is 13.5. The number of carbonyl (C=O) groups excluding carboxylic acids is 2. The van der Waals surface area contributed by atoms with Crippen LogP contribution in [0.1, 0.15) is 20.8 Å². The van der Waals surface area contributed by atoms with Crippen LogP contribution >= 0.6 is 0 Å². The lowest BCUT2D eigenvalue weighted by Gasteiger charge is -2.34. The largest absolute Gasteiger partial charge is 0.458 e. The van der Waals surface area contributed by atoms with Gasteiger partial charge < -0.3 is 19.5 Å². The van der Waals surface area contributed by atoms with E-state index in [9.17, 15) is 23.5 Å². The number of esters is 1. The number of hydrogen-bond donors (Lipinski definition) is 1. The summed E-state index contributed by atoms with van der Waals surface area (Å²) in [6.07, 6.45) is -3.41. The molecule has 2 heterocycles. The van der Waals surface area contributed by atoms with Crippen molar-refractivity contribution in [3.8, 4) is 0 Å². The Labute approximate surface area is 137 Å². The molecule has 7 nitrogen and oxygen atoms in total. The predicted octanol–water partition coefficient (Wildman–Crippen LogP) is 0.794. The molecule has 2 rings (SSSR count). The molecule has 132 valence electrons. The van der Waals surface area contributed by atoms with Gasteiger partial charge in [0.1, 0.15) is 5.60 Å². The van der Waals surface area contributed by atoms with Gasteiger partial charge in [-0.3, -0.25) is 4.79 Å². The number of amides is 1. The molecule has 0 spiro atoms. The quantitative estimate of drug-likeness (QED) is 0.644. The number of aromatic nitrogens is 1. The second-order valence-corrected chi connectivity index (χ2v) is 6.20. The van der Waals surface area contributed by atoms with Crippen molar-refractivity contribution in [1.29, 1.82) is 0 Å². The zero-order valence-corrected chi connectivity index (χ0v) is 13.5. The molecule has 0 radical (unpaired) electrons. The SMILES string of the molecule is CC(C)(C)OC(=O)[C@H](O)[C@H]1OCCN(c2ccc(F)nc2F)C1=O. The van der Waals surface area contributed by atoms with Gasteiger partial charge in [-0.15, -0.1) is 0 Å². The molecule has 9 heteroatoms. The number of aliphatic hydroxyl groups excluding tert-OH is 1. The second kappa shape index (κ2) is 6.78. The van der Waals surface area contributed by atoms with E-state index in [-0.39, 0.29) is 18.8 Å². The van der Waals surface area contributed by atoms with Crippen molar-refractivity contribution in [2.75, 3.05) is 18.1 Å². The Hall–Kier alpha value is -2.13. The Bertz CT molecular complexity index is 647. The van der Waals surface area contributed by atoms with Crippen LogP contribution in [0.2, 0.25) is 0 Å². The first-order chi connectivity index (χ1) is 11.1. The number of ether oxygens (including phenoxy) is 2. The zero-order chi connectivity index (χ0) is 18.1. The number of pyridine rings is 1. The first kappa shape index (κ1) is 18.2. The first-order valence-electron chi connectivity index (χ1n) is 7.26. The number of nitrogens with zero attached hydrogens (tertiary/aromatic N) is 2. The highest BCUT2D eigenvalue weighted by Crippen LogP contribution is 2.23. The Morgan fingerprint density at radius 2 is 2.12 bits per heavy atom. The number of hydrogen-bond acceptors (Lipinski definition) is 6. The van der Waals surface area contributed by atoms with Crippen LogP contribution in [0.25, 0.3) is 0 Å². The van der Waals surface area contributed by atoms with E-state index in [1.165, 1.54) is 0 Å². The summed E-state index contributed by atoms with van der Waals surface area (Å²) in [6, 6.07) is 1.96. The van der Waals surface area contributed by atoms with Gasteiger partial charge in [-0.2, -0.15) is 13.8 Å². The third kappa shape index (κ3) is 4.04. The lowest BCUT2D eigenvalue weighted by molar-refractivity contribution is -0.177. The normalized spacial score (nSPS) is 20.0. The van der Waals surface area contributed by atoms with Gasteiger partial charge in [0.2, 0.25) is 11.9 Å². The molecule has 24 heavy (non-hydrogen) atoms. The summed E-state index contributed by atoms with van der Waals surface area (Å²) in [7, 11) is 0. The number of anilines is 1. The molecule has 0 aliphatic carbocycles. The van der Waals surface area contributed by atoms with Gasteiger partial charge in [0.15, 0.2) is 12.2 Å². The van der Waals surface area contributed by atoms with E-state index in [1.807, 2.05) is 0 Å². The van der Waals surface area contributed by atoms with Gasteiger partial charge in [0, 0.05) is 6.54 Å². The maximum absolute atomic E-state index is 13.8. The molecule has 1 aliphatic heterocycles. The monoisotopic (exact) mass is 344 g/mol. The molecule has 1 aromatic heterocycles. The second-order valence-electron chi connectivity index (χ2n) is 6.20. The summed E-state index contributed by atoms with van der Waals surface area (Å²) in [6.45, 7) is 4.74. The lowest BCUT2D eigenvalue weighted by atomic mass is 10.1. The average Bonchev–Trinajstić information content (AvgIpc) is 2.46. The van der Waals surface area contributed by atoms with Gasteiger partial charge in [-0.05, 0) is 32.9 Å². The van der Waals surface area contributed by atoms with Crippen molar-refractivity contribution in [2.45, 2.75) is 38.6 Å². The summed E-state index contributed by atoms with van der Waals surface area (Å²) in [5.41, 5.74) is -1.12. The van der Waals surface area contributed by atoms with Crippen LogP contribution in [0.15, 0.2) is 12.1 Å². The third-order valence-corrected chi connectivity index (χ3v) is 3.14. The molecule has 0 saturated carbocycles. The van der Waals surface area contributed by atoms with Gasteiger partial charge >= 0.3 is 5.97 Å². The molecular formula is C15H18F2N2O5. The average molecular weight is 344 g/mol. The van der Waals surface area contributed by atoms with Crippen molar-refractivity contribution < 1.29 is 33.0 Å². The number of carbonyl (C=O) groups is 2. The highest BCUT2D eigenvalue weighted by Gasteiger charge is 2.41. The van der Waals surface area contributed by atoms with E-state index in [0.29, 0.717) is 0 Å². The molecule has 1 saturated heterocycles. The highest BCUT2D eigenvalue weighted by molar-refractivity contribution is 6.00. The fourth-order valence-corrected chi connectivity index (χ4v) is 2.16. The molecule has 1 amide bonds. The first-order valence-corrected chi connectivity index (χ1v) is 7.26. The van der Waals surface area contributed by atoms with E-state index < -0.39 is 41.6 Å². The smallest absolute Gasteiger partial charge is 0.338 e. The lowest BCUT2D eigenvalue weighted by Crippen LogP contribution is -2.55. The summed E-state index contributed by atoms with van der Waals surface area (Å²) in [5, 5.41) is 10.0. The Morgan fingerprint density at radius 3 is 2.71 bits per heavy atom. The van der Waals surface area contributed by atoms with Crippen molar-refractivity contribution in [2.24, 2.45) is 0 Å². The Kier molecular flexibility index (Phi) is 5.14. The number of aliphatic hydroxyl groups is 1. The molecule has 0 aromatic carbocycles. The van der Waals surface area contributed by atoms with Crippen molar-refractivity contribution in [3.05, 3.63) is 24.0 Å². The Balaban J connectivity index is 2.19. The molecule has 2 atom stereocenters. The molecular weight excluding hydrogens is 326 g/mol. The maximum Gasteiger partial charge on any atom is 0.338 e. The topological polar surface area (TPSA) is 89.0 Å². The standard InChI is InChI=1S/C15H18F2N2O5/c1-15(2,3)24-14(22)10(20)11-13(21)19(6-7-23-11)8-4-5-9(16)18-12(8)17/h4-5,10-11,20H,6-7H2,1-3H3/t10-,11-/m1/s1. The molecule has 0 unspecified atom stereocenters. The van der Waals surface area contributed by atoms with Gasteiger partial charge in [-0.1, -0.05) is 0 Å². The fourth-order valence-electron chi connectivity index (χ4n) is 2.16. The summed E-state index contributed by atoms with van der Waals surface area (Å²) >= 11 is 0. The number of halogens is 2. The minimum Gasteiger partial charge on any atom is -0.458 e. The van der Waals surface area contributed by atoms with Crippen molar-refractivity contribution in [1.82, 2.24) is 4.98 Å². The van der Waals surface area contributed by atoms with E-state index >= 15 is 0 Å². The third-order valence-electron chi connectivity index (χ3n) is 3.14. The van der Waals surface area contributed by atoms with Crippen LogP contribution in [-0.4, -0.2) is 52.9 Å². The fraction of sp³-hybridized carbons (Fsp3) is 0.533. The molecule has 1 aliphatic rings. The maximum atomic E-state index is 13.8. The van der Waals surface area contributed by atoms with Crippen LogP contribution in [0.3, 0.4) is 0 Å². The van der Waals surface area contributed by atoms with Crippen LogP contribution < -0.4 is 4.90 Å². The van der Waals surface area contributed by atoms with Crippen molar-refractivity contribution >= 4 is 17.6 Å². The van der Waals surface area contributed by atoms with E-state index in [1.54, 1.807) is 20.8 Å². The summed E-state index contributed by atoms with van der Waals surface area (Å²) in [5.74, 6) is -4.06. The van der Waals surface area contributed by atoms with E-state index in [2.05, 4.69) is 4.98 Å². The van der Waals surface area contributed by atoms with E-state index in [0.717, 1.165) is 17.0 Å². The highest BCUT2D eigenvalue weighted by atomic mass is 19.1. The van der Waals surface area contributed by atoms with Gasteiger partial charge in [-0.25, -0.2) is 4.79 Å². The Morgan fingerprint density at radius 1 is 1.46 bits per heavy atom. The molecule has 1 aromatic rings. The van der Waals surface area contributed by atoms with Crippen LogP contribution in [0.5, 0.6) is 0 Å². The number of morpholine rings is 1. The molecule has 0 bridgehead atoms. The van der Waals surface area contributed by atoms with Crippen LogP contribution in [0.4, 0.5) is 14.5 Å². The predicted molar refractivity (Wildman–Crippen MR) is 78.1 cm³/mol. The summed E-state index contributed by atoms with van der Waals surface area (Å²) < 4.78 is 36.8. The molecule has 1 N–H and O–H groups in total. The van der Waals surface area contributed by atoms with E-state index in [4.69, 9.17) is 9.47 Å².